The van der Waals surface area contributed by atoms with Crippen LogP contribution >= 0.6 is 0 Å². The van der Waals surface area contributed by atoms with E-state index in [-0.39, 0.29) is 42.6 Å². The summed E-state index contributed by atoms with van der Waals surface area (Å²) in [5.41, 5.74) is 3.16. The maximum absolute atomic E-state index is 11.6. The summed E-state index contributed by atoms with van der Waals surface area (Å²) >= 11 is 0. The Morgan fingerprint density at radius 2 is 1.43 bits per heavy atom. The van der Waals surface area contributed by atoms with E-state index in [0.717, 1.165) is 25.3 Å². The van der Waals surface area contributed by atoms with Crippen molar-refractivity contribution in [3.8, 4) is 0 Å². The Balaban J connectivity index is 0. The maximum atomic E-state index is 11.6. The van der Waals surface area contributed by atoms with Gasteiger partial charge in [-0.25, -0.2) is 19.2 Å². The van der Waals surface area contributed by atoms with Crippen LogP contribution < -0.4 is 0 Å². The summed E-state index contributed by atoms with van der Waals surface area (Å²) in [4.78, 5) is 43.7. The van der Waals surface area contributed by atoms with Gasteiger partial charge in [0.15, 0.2) is 0 Å². The molecule has 9 heteroatoms. The first-order chi connectivity index (χ1) is 26.3. The van der Waals surface area contributed by atoms with E-state index in [1.807, 2.05) is 57.2 Å². The third-order valence-corrected chi connectivity index (χ3v) is 9.90. The quantitative estimate of drug-likeness (QED) is 0.0711. The SMILES string of the molecule is C=C(C)C(=O)OC1CC2CCC1(C)C2(C)C.C=C(C)C(=O)OCC(C)C.C=C(CC)C(=O)OCCCCCC.C=CC(=O)OCCCO.C=Cc1ccccc1. The van der Waals surface area contributed by atoms with E-state index in [1.54, 1.807) is 13.8 Å². The average Bonchev–Trinajstić information content (AvgIpc) is 3.51. The van der Waals surface area contributed by atoms with Gasteiger partial charge in [0.2, 0.25) is 0 Å². The van der Waals surface area contributed by atoms with E-state index in [1.165, 1.54) is 31.2 Å². The van der Waals surface area contributed by atoms with Gasteiger partial charge in [-0.2, -0.15) is 0 Å². The number of ether oxygens (including phenoxy) is 4. The van der Waals surface area contributed by atoms with Crippen LogP contribution in [0.4, 0.5) is 0 Å². The number of aliphatic hydroxyl groups is 1. The topological polar surface area (TPSA) is 125 Å². The van der Waals surface area contributed by atoms with Crippen LogP contribution in [-0.2, 0) is 38.1 Å². The van der Waals surface area contributed by atoms with Crippen LogP contribution in [0.1, 0.15) is 126 Å². The molecule has 0 amide bonds. The summed E-state index contributed by atoms with van der Waals surface area (Å²) in [5, 5.41) is 8.23. The van der Waals surface area contributed by atoms with Gasteiger partial charge in [0.25, 0.3) is 0 Å². The van der Waals surface area contributed by atoms with Gasteiger partial charge in [0, 0.05) is 41.2 Å². The molecule has 1 aromatic carbocycles. The summed E-state index contributed by atoms with van der Waals surface area (Å²) in [7, 11) is 0. The molecular weight excluding hydrogens is 709 g/mol. The lowest BCUT2D eigenvalue weighted by atomic mass is 9.70. The highest BCUT2D eigenvalue weighted by Crippen LogP contribution is 2.66. The molecule has 0 aliphatic heterocycles. The van der Waals surface area contributed by atoms with Gasteiger partial charge in [0.1, 0.15) is 6.10 Å². The van der Waals surface area contributed by atoms with Crippen molar-refractivity contribution in [1.82, 2.24) is 0 Å². The molecular formula is C47H74O9. The molecule has 9 nitrogen and oxygen atoms in total. The van der Waals surface area contributed by atoms with Crippen LogP contribution in [0.2, 0.25) is 0 Å². The number of unbranched alkanes of at least 4 members (excludes halogenated alkanes) is 3. The monoisotopic (exact) mass is 783 g/mol. The van der Waals surface area contributed by atoms with Crippen molar-refractivity contribution in [2.24, 2.45) is 22.7 Å². The molecule has 2 bridgehead atoms. The molecule has 56 heavy (non-hydrogen) atoms. The standard InChI is InChI=1S/C14H22O2.C11H20O2.C8H14O2.C8H8.C6H10O3/c1-9(2)12(15)16-11-8-10-6-7-14(11,5)13(10,3)4;1-4-6-7-8-9-13-11(12)10(3)5-2;1-6(2)5-10-8(9)7(3)4;1-2-8-6-4-3-5-7-8;1-2-6(8)9-5-3-4-7/h10-11H,1,6-8H2,2-5H3;3-9H2,1-2H3;6H,3,5H2,1-2,4H3;2-7H,1H2;2,7H,1,3-5H2. The highest BCUT2D eigenvalue weighted by Gasteiger charge is 2.62. The zero-order valence-corrected chi connectivity index (χ0v) is 36.2. The molecule has 2 saturated carbocycles. The number of aliphatic hydroxyl groups excluding tert-OH is 1. The van der Waals surface area contributed by atoms with Crippen LogP contribution in [-0.4, -0.2) is 61.5 Å². The van der Waals surface area contributed by atoms with Crippen molar-refractivity contribution >= 4 is 30.0 Å². The molecule has 3 rings (SSSR count). The predicted octanol–water partition coefficient (Wildman–Crippen LogP) is 10.6. The minimum Gasteiger partial charge on any atom is -0.462 e. The number of benzene rings is 1. The molecule has 0 saturated heterocycles. The molecule has 1 aromatic rings. The minimum atomic E-state index is -0.441. The van der Waals surface area contributed by atoms with Crippen LogP contribution in [0.25, 0.3) is 6.08 Å². The first-order valence-corrected chi connectivity index (χ1v) is 19.9. The molecule has 2 aliphatic rings. The Morgan fingerprint density at radius 3 is 1.84 bits per heavy atom. The number of carbonyl (C=O) groups excluding carboxylic acids is 4. The molecule has 1 N–H and O–H groups in total. The second-order valence-corrected chi connectivity index (χ2v) is 15.3. The lowest BCUT2D eigenvalue weighted by Crippen LogP contribution is -2.38. The molecule has 3 atom stereocenters. The van der Waals surface area contributed by atoms with Crippen LogP contribution in [0.15, 0.2) is 86.0 Å². The molecule has 2 aliphatic carbocycles. The smallest absolute Gasteiger partial charge is 0.333 e. The van der Waals surface area contributed by atoms with Crippen LogP contribution in [0.5, 0.6) is 0 Å². The first kappa shape index (κ1) is 53.9. The van der Waals surface area contributed by atoms with Crippen LogP contribution in [0.3, 0.4) is 0 Å². The van der Waals surface area contributed by atoms with E-state index in [9.17, 15) is 19.2 Å². The zero-order chi connectivity index (χ0) is 43.3. The van der Waals surface area contributed by atoms with Gasteiger partial charge in [-0.05, 0) is 68.8 Å². The largest absolute Gasteiger partial charge is 0.462 e. The zero-order valence-electron chi connectivity index (χ0n) is 36.2. The van der Waals surface area contributed by atoms with Crippen LogP contribution in [0, 0.1) is 22.7 Å². The Hall–Kier alpha value is -4.24. The van der Waals surface area contributed by atoms with Gasteiger partial charge in [0.05, 0.1) is 19.8 Å². The minimum absolute atomic E-state index is 0.0461. The highest BCUT2D eigenvalue weighted by molar-refractivity contribution is 5.88. The van der Waals surface area contributed by atoms with Gasteiger partial charge < -0.3 is 24.1 Å². The third kappa shape index (κ3) is 21.7. The molecule has 0 aromatic heterocycles. The lowest BCUT2D eigenvalue weighted by molar-refractivity contribution is -0.152. The van der Waals surface area contributed by atoms with E-state index in [0.29, 0.717) is 60.0 Å². The fraction of sp³-hybridized carbons (Fsp3) is 0.574. The normalized spacial score (nSPS) is 17.9. The summed E-state index contributed by atoms with van der Waals surface area (Å²) in [6.45, 7) is 37.2. The number of fused-ring (bicyclic) bond motifs is 2. The predicted molar refractivity (Wildman–Crippen MR) is 228 cm³/mol. The summed E-state index contributed by atoms with van der Waals surface area (Å²) < 4.78 is 20.0. The van der Waals surface area contributed by atoms with Crippen molar-refractivity contribution < 1.29 is 43.2 Å². The van der Waals surface area contributed by atoms with E-state index < -0.39 is 5.97 Å². The van der Waals surface area contributed by atoms with E-state index in [4.69, 9.17) is 19.3 Å². The Bertz CT molecular complexity index is 1370. The van der Waals surface area contributed by atoms with E-state index in [2.05, 4.69) is 65.3 Å². The summed E-state index contributed by atoms with van der Waals surface area (Å²) in [6.07, 6.45) is 12.2. The fourth-order valence-electron chi connectivity index (χ4n) is 5.73. The van der Waals surface area contributed by atoms with Crippen molar-refractivity contribution in [3.05, 3.63) is 91.6 Å². The molecule has 0 radical (unpaired) electrons. The van der Waals surface area contributed by atoms with Crippen molar-refractivity contribution in [2.45, 2.75) is 126 Å². The van der Waals surface area contributed by atoms with Gasteiger partial charge in [-0.1, -0.05) is 137 Å². The summed E-state index contributed by atoms with van der Waals surface area (Å²) in [6, 6.07) is 10.0. The molecule has 0 spiro atoms. The van der Waals surface area contributed by atoms with Crippen molar-refractivity contribution in [3.63, 3.8) is 0 Å². The second-order valence-electron chi connectivity index (χ2n) is 15.3. The van der Waals surface area contributed by atoms with Crippen molar-refractivity contribution in [1.29, 1.82) is 0 Å². The first-order valence-electron chi connectivity index (χ1n) is 19.9. The second kappa shape index (κ2) is 30.0. The maximum Gasteiger partial charge on any atom is 0.333 e. The molecule has 0 heterocycles. The number of hydrogen-bond donors (Lipinski definition) is 1. The van der Waals surface area contributed by atoms with E-state index >= 15 is 0 Å². The Kier molecular flexibility index (Phi) is 28.8. The molecule has 316 valence electrons. The van der Waals surface area contributed by atoms with Gasteiger partial charge >= 0.3 is 23.9 Å². The third-order valence-electron chi connectivity index (χ3n) is 9.90. The van der Waals surface area contributed by atoms with Gasteiger partial charge in [-0.15, -0.1) is 0 Å². The Labute approximate surface area is 339 Å². The number of rotatable bonds is 17. The number of esters is 4. The molecule has 2 fully saturated rings. The van der Waals surface area contributed by atoms with Gasteiger partial charge in [-0.3, -0.25) is 0 Å². The highest BCUT2D eigenvalue weighted by atomic mass is 16.5. The average molecular weight is 783 g/mol. The number of hydrogen-bond acceptors (Lipinski definition) is 9. The Morgan fingerprint density at radius 1 is 0.839 bits per heavy atom. The summed E-state index contributed by atoms with van der Waals surface area (Å²) in [5.74, 6) is -0.102. The lowest BCUT2D eigenvalue weighted by Gasteiger charge is -2.38. The molecule has 3 unspecified atom stereocenters. The van der Waals surface area contributed by atoms with Crippen molar-refractivity contribution in [2.75, 3.05) is 26.4 Å². The fourth-order valence-corrected chi connectivity index (χ4v) is 5.73. The number of carbonyl (C=O) groups is 4.